The van der Waals surface area contributed by atoms with Crippen LogP contribution in [0.4, 0.5) is 0 Å². The van der Waals surface area contributed by atoms with Crippen LogP contribution in [0.25, 0.3) is 0 Å². The maximum Gasteiger partial charge on any atom is 0.251 e. The van der Waals surface area contributed by atoms with Crippen molar-refractivity contribution in [2.75, 3.05) is 40.3 Å². The standard InChI is InChI=1S/C16H25N3O3S/c1-18(2)10-6-9-17-16(20)14-7-5-8-15(13-14)23(21,22)19-11-3-4-12-19/h5,7-8,13H,3-4,6,9-12H2,1-2H3,(H,17,20). The number of carbonyl (C=O) groups is 1. The molecule has 1 N–H and O–H groups in total. The van der Waals surface area contributed by atoms with Gasteiger partial charge in [-0.2, -0.15) is 4.31 Å². The highest BCUT2D eigenvalue weighted by molar-refractivity contribution is 7.89. The second-order valence-corrected chi connectivity index (χ2v) is 7.99. The Hall–Kier alpha value is -1.44. The summed E-state index contributed by atoms with van der Waals surface area (Å²) < 4.78 is 26.6. The molecule has 128 valence electrons. The SMILES string of the molecule is CN(C)CCCNC(=O)c1cccc(S(=O)(=O)N2CCCC2)c1. The number of carbonyl (C=O) groups excluding carboxylic acids is 1. The van der Waals surface area contributed by atoms with Crippen LogP contribution in [0.3, 0.4) is 0 Å². The van der Waals surface area contributed by atoms with Gasteiger partial charge in [-0.3, -0.25) is 4.79 Å². The Bertz CT molecular complexity index is 638. The van der Waals surface area contributed by atoms with E-state index in [-0.39, 0.29) is 10.8 Å². The molecule has 0 spiro atoms. The quantitative estimate of drug-likeness (QED) is 0.757. The fourth-order valence-corrected chi connectivity index (χ4v) is 4.14. The summed E-state index contributed by atoms with van der Waals surface area (Å²) in [5.74, 6) is -0.234. The summed E-state index contributed by atoms with van der Waals surface area (Å²) in [4.78, 5) is 14.4. The normalized spacial score (nSPS) is 16.0. The molecule has 1 aromatic rings. The van der Waals surface area contributed by atoms with Crippen molar-refractivity contribution in [2.24, 2.45) is 0 Å². The highest BCUT2D eigenvalue weighted by Crippen LogP contribution is 2.21. The largest absolute Gasteiger partial charge is 0.352 e. The zero-order valence-electron chi connectivity index (χ0n) is 13.8. The maximum atomic E-state index is 12.5. The molecular weight excluding hydrogens is 314 g/mol. The van der Waals surface area contributed by atoms with Crippen LogP contribution in [0.5, 0.6) is 0 Å². The third kappa shape index (κ3) is 4.76. The van der Waals surface area contributed by atoms with Gasteiger partial charge in [0.1, 0.15) is 0 Å². The van der Waals surface area contributed by atoms with Gasteiger partial charge in [-0.1, -0.05) is 6.07 Å². The molecular formula is C16H25N3O3S. The molecule has 1 aromatic carbocycles. The molecule has 1 amide bonds. The third-order valence-corrected chi connectivity index (χ3v) is 5.76. The molecule has 1 heterocycles. The minimum absolute atomic E-state index is 0.195. The van der Waals surface area contributed by atoms with E-state index in [4.69, 9.17) is 0 Å². The first-order valence-electron chi connectivity index (χ1n) is 7.94. The first-order valence-corrected chi connectivity index (χ1v) is 9.38. The van der Waals surface area contributed by atoms with E-state index in [1.54, 1.807) is 18.2 Å². The summed E-state index contributed by atoms with van der Waals surface area (Å²) in [6.07, 6.45) is 2.64. The summed E-state index contributed by atoms with van der Waals surface area (Å²) in [7, 11) is 0.477. The van der Waals surface area contributed by atoms with Crippen LogP contribution in [0, 0.1) is 0 Å². The van der Waals surface area contributed by atoms with Gasteiger partial charge in [-0.15, -0.1) is 0 Å². The highest BCUT2D eigenvalue weighted by atomic mass is 32.2. The number of hydrogen-bond donors (Lipinski definition) is 1. The number of sulfonamides is 1. The summed E-state index contributed by atoms with van der Waals surface area (Å²) in [6, 6.07) is 6.29. The van der Waals surface area contributed by atoms with Gasteiger partial charge in [-0.25, -0.2) is 8.42 Å². The third-order valence-electron chi connectivity index (χ3n) is 3.87. The fourth-order valence-electron chi connectivity index (χ4n) is 2.57. The number of amides is 1. The molecule has 0 aliphatic carbocycles. The molecule has 0 radical (unpaired) electrons. The van der Waals surface area contributed by atoms with Crippen molar-refractivity contribution >= 4 is 15.9 Å². The van der Waals surface area contributed by atoms with Crippen molar-refractivity contribution < 1.29 is 13.2 Å². The maximum absolute atomic E-state index is 12.5. The summed E-state index contributed by atoms with van der Waals surface area (Å²) >= 11 is 0. The highest BCUT2D eigenvalue weighted by Gasteiger charge is 2.27. The van der Waals surface area contributed by atoms with Crippen molar-refractivity contribution in [3.05, 3.63) is 29.8 Å². The van der Waals surface area contributed by atoms with E-state index in [1.807, 2.05) is 14.1 Å². The minimum Gasteiger partial charge on any atom is -0.352 e. The van der Waals surface area contributed by atoms with Gasteiger partial charge in [0.15, 0.2) is 0 Å². The van der Waals surface area contributed by atoms with E-state index < -0.39 is 10.0 Å². The zero-order valence-corrected chi connectivity index (χ0v) is 14.6. The molecule has 7 heteroatoms. The van der Waals surface area contributed by atoms with E-state index in [1.165, 1.54) is 10.4 Å². The van der Waals surface area contributed by atoms with E-state index in [0.29, 0.717) is 25.2 Å². The van der Waals surface area contributed by atoms with Crippen LogP contribution >= 0.6 is 0 Å². The second-order valence-electron chi connectivity index (χ2n) is 6.05. The summed E-state index contributed by atoms with van der Waals surface area (Å²) in [5, 5.41) is 2.83. The van der Waals surface area contributed by atoms with Gasteiger partial charge in [0.2, 0.25) is 10.0 Å². The van der Waals surface area contributed by atoms with Crippen LogP contribution < -0.4 is 5.32 Å². The van der Waals surface area contributed by atoms with Gasteiger partial charge in [-0.05, 0) is 58.1 Å². The molecule has 0 aromatic heterocycles. The van der Waals surface area contributed by atoms with Crippen molar-refractivity contribution in [3.63, 3.8) is 0 Å². The van der Waals surface area contributed by atoms with Gasteiger partial charge in [0.05, 0.1) is 4.90 Å². The Morgan fingerprint density at radius 1 is 1.26 bits per heavy atom. The first-order chi connectivity index (χ1) is 10.9. The van der Waals surface area contributed by atoms with Gasteiger partial charge >= 0.3 is 0 Å². The fraction of sp³-hybridized carbons (Fsp3) is 0.562. The summed E-state index contributed by atoms with van der Waals surface area (Å²) in [5.41, 5.74) is 0.384. The van der Waals surface area contributed by atoms with Crippen molar-refractivity contribution in [2.45, 2.75) is 24.2 Å². The predicted molar refractivity (Wildman–Crippen MR) is 89.9 cm³/mol. The Kier molecular flexibility index (Phi) is 6.15. The topological polar surface area (TPSA) is 69.7 Å². The molecule has 23 heavy (non-hydrogen) atoms. The summed E-state index contributed by atoms with van der Waals surface area (Å²) in [6.45, 7) is 2.58. The Morgan fingerprint density at radius 3 is 2.61 bits per heavy atom. The number of rotatable bonds is 7. The number of nitrogens with one attached hydrogen (secondary N) is 1. The molecule has 6 nitrogen and oxygen atoms in total. The van der Waals surface area contributed by atoms with E-state index in [0.717, 1.165) is 25.8 Å². The Labute approximate surface area is 138 Å². The van der Waals surface area contributed by atoms with E-state index >= 15 is 0 Å². The Morgan fingerprint density at radius 2 is 1.96 bits per heavy atom. The lowest BCUT2D eigenvalue weighted by atomic mass is 10.2. The average molecular weight is 339 g/mol. The van der Waals surface area contributed by atoms with Crippen LogP contribution in [-0.4, -0.2) is 63.8 Å². The van der Waals surface area contributed by atoms with E-state index in [9.17, 15) is 13.2 Å². The Balaban J connectivity index is 2.03. The number of benzene rings is 1. The van der Waals surface area contributed by atoms with Crippen molar-refractivity contribution in [1.82, 2.24) is 14.5 Å². The van der Waals surface area contributed by atoms with Crippen LogP contribution in [-0.2, 0) is 10.0 Å². The lowest BCUT2D eigenvalue weighted by molar-refractivity contribution is 0.0952. The molecule has 1 aliphatic rings. The molecule has 0 saturated carbocycles. The van der Waals surface area contributed by atoms with Crippen molar-refractivity contribution in [3.8, 4) is 0 Å². The number of hydrogen-bond acceptors (Lipinski definition) is 4. The molecule has 0 bridgehead atoms. The van der Waals surface area contributed by atoms with Gasteiger partial charge < -0.3 is 10.2 Å². The molecule has 1 saturated heterocycles. The van der Waals surface area contributed by atoms with Gasteiger partial charge in [0, 0.05) is 25.2 Å². The monoisotopic (exact) mass is 339 g/mol. The molecule has 1 aliphatic heterocycles. The van der Waals surface area contributed by atoms with E-state index in [2.05, 4.69) is 10.2 Å². The lowest BCUT2D eigenvalue weighted by Gasteiger charge is -2.16. The van der Waals surface area contributed by atoms with Crippen LogP contribution in [0.15, 0.2) is 29.2 Å². The average Bonchev–Trinajstić information content (AvgIpc) is 3.06. The number of nitrogens with zero attached hydrogens (tertiary/aromatic N) is 2. The molecule has 0 atom stereocenters. The van der Waals surface area contributed by atoms with Crippen molar-refractivity contribution in [1.29, 1.82) is 0 Å². The van der Waals surface area contributed by atoms with Gasteiger partial charge in [0.25, 0.3) is 5.91 Å². The second kappa shape index (κ2) is 7.90. The lowest BCUT2D eigenvalue weighted by Crippen LogP contribution is -2.29. The molecule has 1 fully saturated rings. The minimum atomic E-state index is -3.48. The predicted octanol–water partition coefficient (Wildman–Crippen LogP) is 1.15. The zero-order chi connectivity index (χ0) is 16.9. The molecule has 0 unspecified atom stereocenters. The molecule has 2 rings (SSSR count). The first kappa shape index (κ1) is 17.9. The van der Waals surface area contributed by atoms with Crippen LogP contribution in [0.1, 0.15) is 29.6 Å². The smallest absolute Gasteiger partial charge is 0.251 e. The van der Waals surface area contributed by atoms with Crippen LogP contribution in [0.2, 0.25) is 0 Å².